The fourth-order valence-electron chi connectivity index (χ4n) is 3.28. The smallest absolute Gasteiger partial charge is 0.258 e. The van der Waals surface area contributed by atoms with Crippen LogP contribution in [0.2, 0.25) is 0 Å². The lowest BCUT2D eigenvalue weighted by Gasteiger charge is -2.23. The van der Waals surface area contributed by atoms with Gasteiger partial charge < -0.3 is 14.6 Å². The summed E-state index contributed by atoms with van der Waals surface area (Å²) in [6, 6.07) is 25.8. The molecule has 0 atom stereocenters. The highest BCUT2D eigenvalue weighted by molar-refractivity contribution is 6.06. The lowest BCUT2D eigenvalue weighted by molar-refractivity contribution is 0.0984. The van der Waals surface area contributed by atoms with Gasteiger partial charge in [0.25, 0.3) is 11.5 Å². The van der Waals surface area contributed by atoms with Gasteiger partial charge in [0.2, 0.25) is 0 Å². The van der Waals surface area contributed by atoms with Crippen LogP contribution in [0.4, 0.5) is 5.69 Å². The number of rotatable bonds is 5. The molecule has 0 saturated carbocycles. The standard InChI is InChI=1S/C24H20N2O3/c1-29-21-12-7-9-18(15-21)24(28)26(20-10-3-2-4-11-20)16-19-14-17-8-5-6-13-22(17)25-23(19)27/h2-15H,16H2,1H3,(H,25,27). The molecule has 1 amide bonds. The van der Waals surface area contributed by atoms with E-state index in [9.17, 15) is 9.59 Å². The Hall–Kier alpha value is -3.86. The highest BCUT2D eigenvalue weighted by atomic mass is 16.5. The monoisotopic (exact) mass is 384 g/mol. The van der Waals surface area contributed by atoms with Gasteiger partial charge in [-0.05, 0) is 47.9 Å². The number of carbonyl (C=O) groups excluding carboxylic acids is 1. The van der Waals surface area contributed by atoms with E-state index in [4.69, 9.17) is 4.74 Å². The van der Waals surface area contributed by atoms with Crippen LogP contribution in [0.3, 0.4) is 0 Å². The molecule has 0 aliphatic heterocycles. The van der Waals surface area contributed by atoms with Crippen molar-refractivity contribution in [3.63, 3.8) is 0 Å². The molecule has 0 radical (unpaired) electrons. The lowest BCUT2D eigenvalue weighted by atomic mass is 10.1. The summed E-state index contributed by atoms with van der Waals surface area (Å²) in [6.45, 7) is 0.153. The minimum Gasteiger partial charge on any atom is -0.497 e. The average Bonchev–Trinajstić information content (AvgIpc) is 2.77. The van der Waals surface area contributed by atoms with E-state index in [1.807, 2.05) is 60.7 Å². The van der Waals surface area contributed by atoms with Gasteiger partial charge in [0, 0.05) is 22.3 Å². The van der Waals surface area contributed by atoms with E-state index in [0.29, 0.717) is 22.6 Å². The van der Waals surface area contributed by atoms with Crippen molar-refractivity contribution in [1.29, 1.82) is 0 Å². The van der Waals surface area contributed by atoms with Crippen molar-refractivity contribution in [3.8, 4) is 5.75 Å². The topological polar surface area (TPSA) is 62.4 Å². The molecule has 0 unspecified atom stereocenters. The van der Waals surface area contributed by atoms with Crippen molar-refractivity contribution in [3.05, 3.63) is 106 Å². The Morgan fingerprint density at radius 2 is 1.69 bits per heavy atom. The van der Waals surface area contributed by atoms with Crippen LogP contribution in [-0.2, 0) is 6.54 Å². The number of fused-ring (bicyclic) bond motifs is 1. The van der Waals surface area contributed by atoms with Crippen molar-refractivity contribution in [2.75, 3.05) is 12.0 Å². The number of amides is 1. The number of nitrogens with zero attached hydrogens (tertiary/aromatic N) is 1. The zero-order valence-electron chi connectivity index (χ0n) is 16.0. The van der Waals surface area contributed by atoms with Gasteiger partial charge in [0.05, 0.1) is 13.7 Å². The van der Waals surface area contributed by atoms with Gasteiger partial charge in [-0.1, -0.05) is 42.5 Å². The summed E-state index contributed by atoms with van der Waals surface area (Å²) in [6.07, 6.45) is 0. The molecular formula is C24H20N2O3. The van der Waals surface area contributed by atoms with Gasteiger partial charge in [0.1, 0.15) is 5.75 Å². The summed E-state index contributed by atoms with van der Waals surface area (Å²) in [5, 5.41) is 0.920. The molecule has 0 aliphatic rings. The van der Waals surface area contributed by atoms with Crippen LogP contribution in [-0.4, -0.2) is 18.0 Å². The molecule has 3 aromatic carbocycles. The summed E-state index contributed by atoms with van der Waals surface area (Å²) in [5.41, 5.74) is 2.29. The highest BCUT2D eigenvalue weighted by Gasteiger charge is 2.20. The Balaban J connectivity index is 1.76. The molecule has 144 valence electrons. The Morgan fingerprint density at radius 3 is 2.48 bits per heavy atom. The molecule has 0 saturated heterocycles. The van der Waals surface area contributed by atoms with Gasteiger partial charge in [-0.2, -0.15) is 0 Å². The summed E-state index contributed by atoms with van der Waals surface area (Å²) in [7, 11) is 1.56. The first-order valence-electron chi connectivity index (χ1n) is 9.27. The van der Waals surface area contributed by atoms with E-state index in [1.54, 1.807) is 36.3 Å². The lowest BCUT2D eigenvalue weighted by Crippen LogP contribution is -2.32. The Kier molecular flexibility index (Phi) is 5.12. The highest BCUT2D eigenvalue weighted by Crippen LogP contribution is 2.22. The van der Waals surface area contributed by atoms with Crippen LogP contribution in [0.1, 0.15) is 15.9 Å². The molecular weight excluding hydrogens is 364 g/mol. The number of aromatic amines is 1. The normalized spacial score (nSPS) is 10.7. The van der Waals surface area contributed by atoms with Gasteiger partial charge in [-0.3, -0.25) is 9.59 Å². The van der Waals surface area contributed by atoms with Crippen LogP contribution in [0, 0.1) is 0 Å². The van der Waals surface area contributed by atoms with Crippen LogP contribution in [0.15, 0.2) is 89.7 Å². The predicted molar refractivity (Wildman–Crippen MR) is 115 cm³/mol. The quantitative estimate of drug-likeness (QED) is 0.555. The molecule has 1 heterocycles. The molecule has 1 aromatic heterocycles. The molecule has 5 heteroatoms. The number of para-hydroxylation sites is 2. The predicted octanol–water partition coefficient (Wildman–Crippen LogP) is 4.38. The van der Waals surface area contributed by atoms with Crippen molar-refractivity contribution in [1.82, 2.24) is 4.98 Å². The first-order valence-corrected chi connectivity index (χ1v) is 9.27. The largest absolute Gasteiger partial charge is 0.497 e. The number of anilines is 1. The SMILES string of the molecule is COc1cccc(C(=O)N(Cc2cc3ccccc3[nH]c2=O)c2ccccc2)c1. The zero-order valence-corrected chi connectivity index (χ0v) is 16.0. The van der Waals surface area contributed by atoms with Crippen LogP contribution < -0.4 is 15.2 Å². The van der Waals surface area contributed by atoms with E-state index in [2.05, 4.69) is 4.98 Å². The maximum absolute atomic E-state index is 13.4. The fourth-order valence-corrected chi connectivity index (χ4v) is 3.28. The number of hydrogen-bond acceptors (Lipinski definition) is 3. The second-order valence-electron chi connectivity index (χ2n) is 6.67. The van der Waals surface area contributed by atoms with Crippen molar-refractivity contribution < 1.29 is 9.53 Å². The minimum atomic E-state index is -0.206. The van der Waals surface area contributed by atoms with E-state index in [1.165, 1.54) is 0 Å². The van der Waals surface area contributed by atoms with Crippen molar-refractivity contribution in [2.24, 2.45) is 0 Å². The Labute approximate surface area is 168 Å². The minimum absolute atomic E-state index is 0.153. The first kappa shape index (κ1) is 18.5. The Bertz CT molecular complexity index is 1220. The van der Waals surface area contributed by atoms with Crippen molar-refractivity contribution >= 4 is 22.5 Å². The average molecular weight is 384 g/mol. The molecule has 0 fully saturated rings. The molecule has 4 rings (SSSR count). The first-order chi connectivity index (χ1) is 14.2. The van der Waals surface area contributed by atoms with Gasteiger partial charge in [-0.25, -0.2) is 0 Å². The van der Waals surface area contributed by atoms with Crippen molar-refractivity contribution in [2.45, 2.75) is 6.54 Å². The van der Waals surface area contributed by atoms with Crippen LogP contribution in [0.5, 0.6) is 5.75 Å². The van der Waals surface area contributed by atoms with Gasteiger partial charge in [0.15, 0.2) is 0 Å². The number of methoxy groups -OCH3 is 1. The van der Waals surface area contributed by atoms with E-state index in [-0.39, 0.29) is 18.0 Å². The maximum atomic E-state index is 13.4. The number of hydrogen-bond donors (Lipinski definition) is 1. The fraction of sp³-hybridized carbons (Fsp3) is 0.0833. The molecule has 4 aromatic rings. The third kappa shape index (κ3) is 3.89. The molecule has 0 aliphatic carbocycles. The van der Waals surface area contributed by atoms with Crippen LogP contribution in [0.25, 0.3) is 10.9 Å². The number of aromatic nitrogens is 1. The number of carbonyl (C=O) groups is 1. The van der Waals surface area contributed by atoms with Gasteiger partial charge in [-0.15, -0.1) is 0 Å². The second-order valence-corrected chi connectivity index (χ2v) is 6.67. The Morgan fingerprint density at radius 1 is 0.931 bits per heavy atom. The molecule has 0 spiro atoms. The van der Waals surface area contributed by atoms with E-state index < -0.39 is 0 Å². The summed E-state index contributed by atoms with van der Waals surface area (Å²) in [4.78, 5) is 30.5. The van der Waals surface area contributed by atoms with Crippen LogP contribution >= 0.6 is 0 Å². The summed E-state index contributed by atoms with van der Waals surface area (Å²) >= 11 is 0. The summed E-state index contributed by atoms with van der Waals surface area (Å²) < 4.78 is 5.25. The number of pyridine rings is 1. The third-order valence-corrected chi connectivity index (χ3v) is 4.79. The second kappa shape index (κ2) is 8.02. The number of H-pyrrole nitrogens is 1. The third-order valence-electron chi connectivity index (χ3n) is 4.79. The van der Waals surface area contributed by atoms with Gasteiger partial charge >= 0.3 is 0 Å². The maximum Gasteiger partial charge on any atom is 0.258 e. The molecule has 5 nitrogen and oxygen atoms in total. The van der Waals surface area contributed by atoms with E-state index >= 15 is 0 Å². The number of nitrogens with one attached hydrogen (secondary N) is 1. The molecule has 1 N–H and O–H groups in total. The van der Waals surface area contributed by atoms with E-state index in [0.717, 1.165) is 10.9 Å². The summed E-state index contributed by atoms with van der Waals surface area (Å²) in [5.74, 6) is 0.398. The number of benzene rings is 3. The zero-order chi connectivity index (χ0) is 20.2. The molecule has 0 bridgehead atoms. The molecule has 29 heavy (non-hydrogen) atoms. The number of ether oxygens (including phenoxy) is 1.